The first-order valence-corrected chi connectivity index (χ1v) is 10.7. The highest BCUT2D eigenvalue weighted by Crippen LogP contribution is 2.29. The second-order valence-electron chi connectivity index (χ2n) is 8.00. The number of aryl methyl sites for hydroxylation is 1. The number of piperidine rings is 1. The van der Waals surface area contributed by atoms with Gasteiger partial charge in [-0.2, -0.15) is 0 Å². The lowest BCUT2D eigenvalue weighted by Gasteiger charge is -2.28. The SMILES string of the molecule is Cc1cccc(-c2nc(Nc3ccc(N4CCCCC4)cc3)c3ccccc3n2)c1. The van der Waals surface area contributed by atoms with Gasteiger partial charge in [0.25, 0.3) is 0 Å². The fourth-order valence-electron chi connectivity index (χ4n) is 4.13. The monoisotopic (exact) mass is 394 g/mol. The van der Waals surface area contributed by atoms with Crippen molar-refractivity contribution < 1.29 is 0 Å². The lowest BCUT2D eigenvalue weighted by molar-refractivity contribution is 0.578. The van der Waals surface area contributed by atoms with Crippen LogP contribution in [0.25, 0.3) is 22.3 Å². The van der Waals surface area contributed by atoms with Crippen LogP contribution in [0.5, 0.6) is 0 Å². The van der Waals surface area contributed by atoms with Crippen molar-refractivity contribution in [2.24, 2.45) is 0 Å². The van der Waals surface area contributed by atoms with Crippen LogP contribution in [0.2, 0.25) is 0 Å². The Hall–Kier alpha value is -3.40. The van der Waals surface area contributed by atoms with Gasteiger partial charge in [0, 0.05) is 35.4 Å². The largest absolute Gasteiger partial charge is 0.372 e. The van der Waals surface area contributed by atoms with Gasteiger partial charge in [-0.1, -0.05) is 35.9 Å². The van der Waals surface area contributed by atoms with Crippen LogP contribution in [0, 0.1) is 6.92 Å². The quantitative estimate of drug-likeness (QED) is 0.438. The van der Waals surface area contributed by atoms with Gasteiger partial charge in [0.15, 0.2) is 5.82 Å². The molecule has 4 heteroatoms. The van der Waals surface area contributed by atoms with Crippen LogP contribution in [0.1, 0.15) is 24.8 Å². The Kier molecular flexibility index (Phi) is 5.06. The number of rotatable bonds is 4. The third-order valence-corrected chi connectivity index (χ3v) is 5.73. The van der Waals surface area contributed by atoms with Gasteiger partial charge in [-0.15, -0.1) is 0 Å². The molecular weight excluding hydrogens is 368 g/mol. The minimum Gasteiger partial charge on any atom is -0.372 e. The number of aromatic nitrogens is 2. The molecule has 0 unspecified atom stereocenters. The van der Waals surface area contributed by atoms with E-state index in [0.29, 0.717) is 0 Å². The van der Waals surface area contributed by atoms with E-state index >= 15 is 0 Å². The van der Waals surface area contributed by atoms with E-state index in [4.69, 9.17) is 9.97 Å². The molecule has 2 heterocycles. The molecule has 1 fully saturated rings. The van der Waals surface area contributed by atoms with Gasteiger partial charge in [-0.25, -0.2) is 9.97 Å². The van der Waals surface area contributed by atoms with Crippen LogP contribution in [-0.2, 0) is 0 Å². The summed E-state index contributed by atoms with van der Waals surface area (Å²) in [4.78, 5) is 12.2. The third-order valence-electron chi connectivity index (χ3n) is 5.73. The van der Waals surface area contributed by atoms with E-state index < -0.39 is 0 Å². The number of nitrogens with zero attached hydrogens (tertiary/aromatic N) is 3. The Morgan fingerprint density at radius 3 is 2.40 bits per heavy atom. The molecule has 5 rings (SSSR count). The molecule has 0 amide bonds. The van der Waals surface area contributed by atoms with Crippen LogP contribution in [-0.4, -0.2) is 23.1 Å². The molecular formula is C26H26N4. The average Bonchev–Trinajstić information content (AvgIpc) is 2.80. The normalized spacial score (nSPS) is 14.1. The highest BCUT2D eigenvalue weighted by atomic mass is 15.1. The van der Waals surface area contributed by atoms with E-state index in [-0.39, 0.29) is 0 Å². The van der Waals surface area contributed by atoms with Gasteiger partial charge in [-0.3, -0.25) is 0 Å². The number of nitrogens with one attached hydrogen (secondary N) is 1. The van der Waals surface area contributed by atoms with Gasteiger partial charge in [0.1, 0.15) is 5.82 Å². The zero-order chi connectivity index (χ0) is 20.3. The lowest BCUT2D eigenvalue weighted by atomic mass is 10.1. The summed E-state index contributed by atoms with van der Waals surface area (Å²) < 4.78 is 0. The second kappa shape index (κ2) is 8.15. The maximum atomic E-state index is 4.89. The molecule has 1 aliphatic rings. The van der Waals surface area contributed by atoms with Crippen molar-refractivity contribution >= 4 is 28.1 Å². The van der Waals surface area contributed by atoms with Gasteiger partial charge < -0.3 is 10.2 Å². The third kappa shape index (κ3) is 3.86. The predicted octanol–water partition coefficient (Wildman–Crippen LogP) is 6.34. The number of fused-ring (bicyclic) bond motifs is 1. The zero-order valence-corrected chi connectivity index (χ0v) is 17.3. The molecule has 30 heavy (non-hydrogen) atoms. The summed E-state index contributed by atoms with van der Waals surface area (Å²) in [6.45, 7) is 4.40. The summed E-state index contributed by atoms with van der Waals surface area (Å²) >= 11 is 0. The Balaban J connectivity index is 1.49. The summed E-state index contributed by atoms with van der Waals surface area (Å²) in [5.41, 5.74) is 5.51. The van der Waals surface area contributed by atoms with Crippen molar-refractivity contribution in [1.29, 1.82) is 0 Å². The fourth-order valence-corrected chi connectivity index (χ4v) is 4.13. The van der Waals surface area contributed by atoms with E-state index in [9.17, 15) is 0 Å². The molecule has 0 radical (unpaired) electrons. The molecule has 1 aliphatic heterocycles. The van der Waals surface area contributed by atoms with E-state index in [1.54, 1.807) is 0 Å². The standard InChI is InChI=1S/C26H26N4/c1-19-8-7-9-20(18-19)25-28-24-11-4-3-10-23(24)26(29-25)27-21-12-14-22(15-13-21)30-16-5-2-6-17-30/h3-4,7-15,18H,2,5-6,16-17H2,1H3,(H,27,28,29). The van der Waals surface area contributed by atoms with E-state index in [1.165, 1.54) is 30.5 Å². The molecule has 150 valence electrons. The first kappa shape index (κ1) is 18.6. The lowest BCUT2D eigenvalue weighted by Crippen LogP contribution is -2.29. The smallest absolute Gasteiger partial charge is 0.162 e. The van der Waals surface area contributed by atoms with E-state index in [0.717, 1.165) is 46.9 Å². The number of benzene rings is 3. The number of hydrogen-bond acceptors (Lipinski definition) is 4. The molecule has 0 aliphatic carbocycles. The Labute approximate surface area is 177 Å². The fraction of sp³-hybridized carbons (Fsp3) is 0.231. The summed E-state index contributed by atoms with van der Waals surface area (Å²) in [5, 5.41) is 4.55. The maximum Gasteiger partial charge on any atom is 0.162 e. The summed E-state index contributed by atoms with van der Waals surface area (Å²) in [7, 11) is 0. The Bertz CT molecular complexity index is 1160. The molecule has 4 nitrogen and oxygen atoms in total. The van der Waals surface area contributed by atoms with Gasteiger partial charge in [0.05, 0.1) is 5.52 Å². The first-order chi connectivity index (χ1) is 14.8. The maximum absolute atomic E-state index is 4.89. The zero-order valence-electron chi connectivity index (χ0n) is 17.3. The highest BCUT2D eigenvalue weighted by Gasteiger charge is 2.12. The molecule has 0 saturated carbocycles. The Morgan fingerprint density at radius 1 is 0.800 bits per heavy atom. The van der Waals surface area contributed by atoms with Crippen molar-refractivity contribution in [3.63, 3.8) is 0 Å². The van der Waals surface area contributed by atoms with Crippen molar-refractivity contribution in [3.8, 4) is 11.4 Å². The predicted molar refractivity (Wildman–Crippen MR) is 125 cm³/mol. The molecule has 0 atom stereocenters. The van der Waals surface area contributed by atoms with Gasteiger partial charge >= 0.3 is 0 Å². The minimum atomic E-state index is 0.741. The minimum absolute atomic E-state index is 0.741. The summed E-state index contributed by atoms with van der Waals surface area (Å²) in [6.07, 6.45) is 3.92. The van der Waals surface area contributed by atoms with E-state index in [1.807, 2.05) is 18.2 Å². The molecule has 1 saturated heterocycles. The van der Waals surface area contributed by atoms with Gasteiger partial charge in [-0.05, 0) is 68.7 Å². The summed E-state index contributed by atoms with van der Waals surface area (Å²) in [6, 6.07) is 25.2. The number of para-hydroxylation sites is 1. The first-order valence-electron chi connectivity index (χ1n) is 10.7. The topological polar surface area (TPSA) is 41.1 Å². The second-order valence-corrected chi connectivity index (χ2v) is 8.00. The van der Waals surface area contributed by atoms with Crippen molar-refractivity contribution in [1.82, 2.24) is 9.97 Å². The van der Waals surface area contributed by atoms with Crippen LogP contribution < -0.4 is 10.2 Å². The average molecular weight is 395 g/mol. The van der Waals surface area contributed by atoms with Crippen molar-refractivity contribution in [3.05, 3.63) is 78.4 Å². The van der Waals surface area contributed by atoms with Crippen LogP contribution >= 0.6 is 0 Å². The van der Waals surface area contributed by atoms with E-state index in [2.05, 4.69) is 71.7 Å². The van der Waals surface area contributed by atoms with Crippen LogP contribution in [0.4, 0.5) is 17.2 Å². The molecule has 4 aromatic rings. The van der Waals surface area contributed by atoms with Crippen LogP contribution in [0.3, 0.4) is 0 Å². The molecule has 0 spiro atoms. The Morgan fingerprint density at radius 2 is 1.60 bits per heavy atom. The van der Waals surface area contributed by atoms with Crippen LogP contribution in [0.15, 0.2) is 72.8 Å². The van der Waals surface area contributed by atoms with Crippen molar-refractivity contribution in [2.45, 2.75) is 26.2 Å². The molecule has 1 N–H and O–H groups in total. The number of anilines is 3. The number of hydrogen-bond donors (Lipinski definition) is 1. The summed E-state index contributed by atoms with van der Waals surface area (Å²) in [5.74, 6) is 1.58. The molecule has 3 aromatic carbocycles. The molecule has 1 aromatic heterocycles. The highest BCUT2D eigenvalue weighted by molar-refractivity contribution is 5.92. The van der Waals surface area contributed by atoms with Crippen molar-refractivity contribution in [2.75, 3.05) is 23.3 Å². The molecule has 0 bridgehead atoms. The van der Waals surface area contributed by atoms with Gasteiger partial charge in [0.2, 0.25) is 0 Å².